The fourth-order valence-corrected chi connectivity index (χ4v) is 2.80. The minimum atomic E-state index is -0.573. The highest BCUT2D eigenvalue weighted by atomic mass is 35.5. The first-order valence-corrected chi connectivity index (χ1v) is 7.69. The number of benzene rings is 1. The predicted octanol–water partition coefficient (Wildman–Crippen LogP) is 2.91. The minimum Gasteiger partial charge on any atom is -0.506 e. The van der Waals surface area contributed by atoms with Crippen LogP contribution in [0.5, 0.6) is 5.75 Å². The molecule has 22 heavy (non-hydrogen) atoms. The highest BCUT2D eigenvalue weighted by Crippen LogP contribution is 2.36. The highest BCUT2D eigenvalue weighted by Gasteiger charge is 2.30. The molecule has 0 aromatic heterocycles. The Kier molecular flexibility index (Phi) is 4.87. The summed E-state index contributed by atoms with van der Waals surface area (Å²) in [7, 11) is 0. The van der Waals surface area contributed by atoms with Gasteiger partial charge in [-0.3, -0.25) is 0 Å². The summed E-state index contributed by atoms with van der Waals surface area (Å²) in [5.41, 5.74) is 0.948. The Bertz CT molecular complexity index is 568. The SMILES string of the molecule is CC(C)(C)OC(=O)N1CCc2c(ccc(Cl)c2O)C(CO)C1. The summed E-state index contributed by atoms with van der Waals surface area (Å²) in [4.78, 5) is 13.8. The quantitative estimate of drug-likeness (QED) is 0.832. The number of rotatable bonds is 1. The maximum Gasteiger partial charge on any atom is 0.410 e. The minimum absolute atomic E-state index is 0.0312. The molecule has 0 saturated heterocycles. The molecule has 122 valence electrons. The third kappa shape index (κ3) is 3.65. The molecule has 1 aromatic carbocycles. The summed E-state index contributed by atoms with van der Waals surface area (Å²) < 4.78 is 5.40. The molecule has 0 bridgehead atoms. The summed E-state index contributed by atoms with van der Waals surface area (Å²) in [6.45, 7) is 6.07. The van der Waals surface area contributed by atoms with Gasteiger partial charge < -0.3 is 19.8 Å². The molecule has 0 radical (unpaired) electrons. The lowest BCUT2D eigenvalue weighted by atomic mass is 9.94. The van der Waals surface area contributed by atoms with Gasteiger partial charge in [0.2, 0.25) is 0 Å². The van der Waals surface area contributed by atoms with Crippen molar-refractivity contribution in [3.05, 3.63) is 28.3 Å². The largest absolute Gasteiger partial charge is 0.506 e. The molecule has 1 amide bonds. The van der Waals surface area contributed by atoms with Crippen LogP contribution in [0.2, 0.25) is 5.02 Å². The number of hydrogen-bond acceptors (Lipinski definition) is 4. The van der Waals surface area contributed by atoms with Gasteiger partial charge in [0.1, 0.15) is 11.4 Å². The number of aromatic hydroxyl groups is 1. The molecule has 1 atom stereocenters. The second-order valence-electron chi connectivity index (χ2n) is 6.52. The molecule has 6 heteroatoms. The van der Waals surface area contributed by atoms with Crippen molar-refractivity contribution in [1.82, 2.24) is 4.90 Å². The van der Waals surface area contributed by atoms with E-state index in [2.05, 4.69) is 0 Å². The number of aliphatic hydroxyl groups is 1. The molecule has 1 aliphatic heterocycles. The van der Waals surface area contributed by atoms with Gasteiger partial charge in [-0.1, -0.05) is 17.7 Å². The van der Waals surface area contributed by atoms with Crippen molar-refractivity contribution in [2.24, 2.45) is 0 Å². The van der Waals surface area contributed by atoms with Crippen LogP contribution in [0.25, 0.3) is 0 Å². The molecule has 0 saturated carbocycles. The number of hydrogen-bond donors (Lipinski definition) is 2. The highest BCUT2D eigenvalue weighted by molar-refractivity contribution is 6.32. The molecular formula is C16H22ClNO4. The Balaban J connectivity index is 2.27. The van der Waals surface area contributed by atoms with Gasteiger partial charge in [0.05, 0.1) is 11.6 Å². The normalized spacial score (nSPS) is 18.6. The van der Waals surface area contributed by atoms with Gasteiger partial charge in [-0.25, -0.2) is 4.79 Å². The van der Waals surface area contributed by atoms with Gasteiger partial charge >= 0.3 is 6.09 Å². The predicted molar refractivity (Wildman–Crippen MR) is 84.5 cm³/mol. The molecule has 0 aliphatic carbocycles. The number of ether oxygens (including phenoxy) is 1. The van der Waals surface area contributed by atoms with E-state index in [9.17, 15) is 15.0 Å². The van der Waals surface area contributed by atoms with E-state index in [-0.39, 0.29) is 23.3 Å². The van der Waals surface area contributed by atoms with Crippen LogP contribution in [0.1, 0.15) is 37.8 Å². The van der Waals surface area contributed by atoms with Crippen LogP contribution >= 0.6 is 11.6 Å². The number of fused-ring (bicyclic) bond motifs is 1. The molecule has 0 fully saturated rings. The third-order valence-corrected chi connectivity index (χ3v) is 3.96. The Morgan fingerprint density at radius 2 is 2.14 bits per heavy atom. The first kappa shape index (κ1) is 16.9. The van der Waals surface area contributed by atoms with Gasteiger partial charge in [-0.15, -0.1) is 0 Å². The lowest BCUT2D eigenvalue weighted by Gasteiger charge is -2.28. The topological polar surface area (TPSA) is 70.0 Å². The van der Waals surface area contributed by atoms with Crippen molar-refractivity contribution in [1.29, 1.82) is 0 Å². The van der Waals surface area contributed by atoms with E-state index in [4.69, 9.17) is 16.3 Å². The van der Waals surface area contributed by atoms with Crippen LogP contribution in [0.4, 0.5) is 4.79 Å². The van der Waals surface area contributed by atoms with Crippen LogP contribution in [-0.4, -0.2) is 46.5 Å². The van der Waals surface area contributed by atoms with Crippen LogP contribution in [0.15, 0.2) is 12.1 Å². The number of phenolic OH excluding ortho intramolecular Hbond substituents is 1. The van der Waals surface area contributed by atoms with Gasteiger partial charge in [0, 0.05) is 24.6 Å². The van der Waals surface area contributed by atoms with E-state index in [0.717, 1.165) is 5.56 Å². The van der Waals surface area contributed by atoms with Crippen molar-refractivity contribution >= 4 is 17.7 Å². The molecule has 1 heterocycles. The van der Waals surface area contributed by atoms with E-state index in [1.165, 1.54) is 0 Å². The number of phenols is 1. The second-order valence-corrected chi connectivity index (χ2v) is 6.93. The zero-order valence-electron chi connectivity index (χ0n) is 13.1. The summed E-state index contributed by atoms with van der Waals surface area (Å²) in [6.07, 6.45) is 0.0571. The maximum atomic E-state index is 12.3. The van der Waals surface area contributed by atoms with Gasteiger partial charge in [-0.05, 0) is 38.8 Å². The van der Waals surface area contributed by atoms with Crippen LogP contribution in [0.3, 0.4) is 0 Å². The molecule has 1 aliphatic rings. The zero-order chi connectivity index (χ0) is 16.5. The number of carbonyl (C=O) groups excluding carboxylic acids is 1. The number of aliphatic hydroxyl groups excluding tert-OH is 1. The smallest absolute Gasteiger partial charge is 0.410 e. The van der Waals surface area contributed by atoms with Crippen molar-refractivity contribution < 1.29 is 19.7 Å². The fourth-order valence-electron chi connectivity index (χ4n) is 2.62. The molecule has 1 aromatic rings. The lowest BCUT2D eigenvalue weighted by molar-refractivity contribution is 0.0236. The third-order valence-electron chi connectivity index (χ3n) is 3.65. The summed E-state index contributed by atoms with van der Waals surface area (Å²) in [6, 6.07) is 3.42. The first-order chi connectivity index (χ1) is 10.2. The van der Waals surface area contributed by atoms with Gasteiger partial charge in [0.15, 0.2) is 0 Å². The molecule has 2 rings (SSSR count). The van der Waals surface area contributed by atoms with E-state index in [1.807, 2.05) is 20.8 Å². The fraction of sp³-hybridized carbons (Fsp3) is 0.562. The van der Waals surface area contributed by atoms with Crippen molar-refractivity contribution in [3.63, 3.8) is 0 Å². The van der Waals surface area contributed by atoms with Gasteiger partial charge in [0.25, 0.3) is 0 Å². The Hall–Kier alpha value is -1.46. The standard InChI is InChI=1S/C16H22ClNO4/c1-16(2,3)22-15(21)18-7-6-12-11(10(8-18)9-19)4-5-13(17)14(12)20/h4-5,10,19-20H,6-9H2,1-3H3. The molecule has 1 unspecified atom stereocenters. The summed E-state index contributed by atoms with van der Waals surface area (Å²) >= 11 is 5.96. The number of halogens is 1. The van der Waals surface area contributed by atoms with Crippen LogP contribution in [-0.2, 0) is 11.2 Å². The molecule has 2 N–H and O–H groups in total. The van der Waals surface area contributed by atoms with E-state index >= 15 is 0 Å². The molecule has 0 spiro atoms. The van der Waals surface area contributed by atoms with Crippen molar-refractivity contribution in [2.75, 3.05) is 19.7 Å². The van der Waals surface area contributed by atoms with Crippen LogP contribution < -0.4 is 0 Å². The van der Waals surface area contributed by atoms with Crippen LogP contribution in [0, 0.1) is 0 Å². The average Bonchev–Trinajstić information content (AvgIpc) is 2.60. The Morgan fingerprint density at radius 1 is 1.45 bits per heavy atom. The molecule has 5 nitrogen and oxygen atoms in total. The number of amides is 1. The number of carbonyl (C=O) groups is 1. The van der Waals surface area contributed by atoms with E-state index in [0.29, 0.717) is 25.1 Å². The maximum absolute atomic E-state index is 12.3. The van der Waals surface area contributed by atoms with Crippen molar-refractivity contribution in [3.8, 4) is 5.75 Å². The molecular weight excluding hydrogens is 306 g/mol. The first-order valence-electron chi connectivity index (χ1n) is 7.32. The van der Waals surface area contributed by atoms with Crippen molar-refractivity contribution in [2.45, 2.75) is 38.7 Å². The Labute approximate surface area is 135 Å². The van der Waals surface area contributed by atoms with E-state index in [1.54, 1.807) is 17.0 Å². The van der Waals surface area contributed by atoms with Gasteiger partial charge in [-0.2, -0.15) is 0 Å². The average molecular weight is 328 g/mol. The summed E-state index contributed by atoms with van der Waals surface area (Å²) in [5.74, 6) is -0.239. The van der Waals surface area contributed by atoms with E-state index < -0.39 is 11.7 Å². The lowest BCUT2D eigenvalue weighted by Crippen LogP contribution is -2.39. The summed E-state index contributed by atoms with van der Waals surface area (Å²) in [5, 5.41) is 20.1. The second kappa shape index (κ2) is 6.34. The number of nitrogens with zero attached hydrogens (tertiary/aromatic N) is 1. The Morgan fingerprint density at radius 3 is 2.73 bits per heavy atom. The monoisotopic (exact) mass is 327 g/mol. The zero-order valence-corrected chi connectivity index (χ0v) is 13.9.